The van der Waals surface area contributed by atoms with E-state index in [1.807, 2.05) is 71.1 Å². The van der Waals surface area contributed by atoms with Gasteiger partial charge in [-0.1, -0.05) is 133 Å². The molecule has 24 heteroatoms. The maximum absolute atomic E-state index is 12.7. The minimum absolute atomic E-state index is 0.205. The lowest BCUT2D eigenvalue weighted by Crippen LogP contribution is -2.49. The van der Waals surface area contributed by atoms with Gasteiger partial charge in [-0.15, -0.1) is 0 Å². The molecule has 0 saturated heterocycles. The molecule has 10 aromatic rings. The van der Waals surface area contributed by atoms with E-state index in [2.05, 4.69) is 266 Å². The summed E-state index contributed by atoms with van der Waals surface area (Å²) in [6.45, 7) is 15.3. The summed E-state index contributed by atoms with van der Waals surface area (Å²) in [6, 6.07) is 62.6. The first-order valence-corrected chi connectivity index (χ1v) is 49.2. The number of aliphatic hydroxyl groups is 5. The number of carbonyl (C=O) groups is 2. The van der Waals surface area contributed by atoms with Gasteiger partial charge in [0.25, 0.3) is 0 Å². The topological polar surface area (TPSA) is 327 Å². The van der Waals surface area contributed by atoms with Crippen LogP contribution < -0.4 is 18.3 Å². The highest BCUT2D eigenvalue weighted by Gasteiger charge is 2.33. The van der Waals surface area contributed by atoms with Crippen LogP contribution in [0.15, 0.2) is 263 Å². The van der Waals surface area contributed by atoms with Gasteiger partial charge >= 0.3 is 5.97 Å². The lowest BCUT2D eigenvalue weighted by Gasteiger charge is -2.29. The summed E-state index contributed by atoms with van der Waals surface area (Å²) in [5.41, 5.74) is 13.2. The minimum atomic E-state index is -4.25. The number of likely N-dealkylation sites (N-methyl/N-ethyl adjacent to an activating group) is 1. The SMILES string of the molecule is CCC(CC(C)c1ccccc1)c1ccncc1.CCC(CC(CC(CC(C)c1ccccc1)c1ccncc1)c1cc[n+](CCCCCC(=O)N(C)CC(O)C(O)C(O)C(O)CO)cc1)c1cc[n+](CCCS(=O)(=O)[O-])cc1.CCC(CC(CC(CC(C)c1ccccc1)c1ccncc1)c1cc[n+](CCCCCC(=O)O)cc1)c1cc[n+](CCCS(=O)(=O)[O-])cc1. The summed E-state index contributed by atoms with van der Waals surface area (Å²) in [7, 11) is -6.95. The second-order valence-electron chi connectivity index (χ2n) is 34.8. The van der Waals surface area contributed by atoms with Gasteiger partial charge in [0.05, 0.1) is 26.8 Å². The standard InChI is InChI=1S/C47H67N4O9S.C40H51N3O5S.C17H21N/c1-4-36(39-17-25-51(26-18-39)24-11-29-61(58,59)60)31-42(32-41(38-15-21-48-22-16-38)30-35(2)37-12-7-5-8-13-37)40-19-27-50(28-20-40)23-10-6-9-14-45(55)49(3)33-43(53)46(56)47(57)44(54)34-52;1-3-33(36-16-24-43(25-17-36)23-10-28-49(46,47)48)30-39(37-18-26-42(27-19-37)22-9-5-8-13-40(44)45)31-38(35-14-20-41-21-15-35)29-32(2)34-11-6-4-7-12-34;1-3-15(17-9-11-18-12-10-17)13-14(2)16-7-5-4-6-8-16/h5,7-8,12-13,15-22,25-28,35-36,41-44,46-47,52-54,56-57H,4,6,9-11,14,23-24,29-34H2,1-3H3;4,6-7,11-12,14-21,24-27,32-33,38-39H,3,5,8-10,13,22-23,28-31H2,1-2H3;4-12,14-15H,3,13H2,1-2H3/q+1;;/p+1. The van der Waals surface area contributed by atoms with E-state index in [0.29, 0.717) is 73.8 Å². The van der Waals surface area contributed by atoms with Crippen molar-refractivity contribution in [3.8, 4) is 0 Å². The van der Waals surface area contributed by atoms with Gasteiger partial charge in [0, 0.05) is 149 Å². The second-order valence-corrected chi connectivity index (χ2v) is 37.9. The van der Waals surface area contributed by atoms with Crippen molar-refractivity contribution < 1.29 is 84.4 Å². The molecule has 3 aromatic carbocycles. The van der Waals surface area contributed by atoms with Gasteiger partial charge in [-0.3, -0.25) is 24.5 Å². The molecular formula is C104H140N8O14S2+2. The van der Waals surface area contributed by atoms with Crippen molar-refractivity contribution in [1.82, 2.24) is 19.9 Å². The number of hydrogen-bond acceptors (Lipinski definition) is 16. The Balaban J connectivity index is 0.000000268. The van der Waals surface area contributed by atoms with Crippen molar-refractivity contribution in [2.45, 2.75) is 280 Å². The maximum Gasteiger partial charge on any atom is 0.303 e. The normalized spacial score (nSPS) is 15.0. The molecule has 22 nitrogen and oxygen atoms in total. The van der Waals surface area contributed by atoms with Gasteiger partial charge < -0.3 is 44.6 Å². The largest absolute Gasteiger partial charge is 0.748 e. The van der Waals surface area contributed by atoms with Gasteiger partial charge in [0.15, 0.2) is 49.6 Å². The smallest absolute Gasteiger partial charge is 0.303 e. The Morgan fingerprint density at radius 2 is 0.617 bits per heavy atom. The van der Waals surface area contributed by atoms with Crippen LogP contribution >= 0.6 is 0 Å². The van der Waals surface area contributed by atoms with Crippen molar-refractivity contribution in [2.75, 3.05) is 31.7 Å². The molecule has 0 saturated carbocycles. The summed E-state index contributed by atoms with van der Waals surface area (Å²) >= 11 is 0. The van der Waals surface area contributed by atoms with Crippen LogP contribution in [0.5, 0.6) is 0 Å². The Morgan fingerprint density at radius 3 is 0.930 bits per heavy atom. The molecule has 6 N–H and O–H groups in total. The number of unbranched alkanes of at least 4 members (excludes halogenated alkanes) is 4. The van der Waals surface area contributed by atoms with Gasteiger partial charge in [-0.25, -0.2) is 35.1 Å². The van der Waals surface area contributed by atoms with Crippen LogP contribution in [0.3, 0.4) is 0 Å². The first-order valence-electron chi connectivity index (χ1n) is 46.1. The average Bonchev–Trinajstić information content (AvgIpc) is 0.827. The van der Waals surface area contributed by atoms with E-state index in [-0.39, 0.29) is 61.0 Å². The molecule has 1 amide bonds. The van der Waals surface area contributed by atoms with Crippen LogP contribution in [0, 0.1) is 0 Å². The Morgan fingerprint density at radius 1 is 0.352 bits per heavy atom. The number of hydrogen-bond donors (Lipinski definition) is 6. The third kappa shape index (κ3) is 37.0. The van der Waals surface area contributed by atoms with Crippen LogP contribution in [0.25, 0.3) is 0 Å². The molecule has 0 aliphatic carbocycles. The number of nitrogens with zero attached hydrogens (tertiary/aromatic N) is 8. The van der Waals surface area contributed by atoms with E-state index in [9.17, 15) is 56.0 Å². The lowest BCUT2D eigenvalue weighted by molar-refractivity contribution is -0.697. The number of rotatable bonds is 53. The van der Waals surface area contributed by atoms with Gasteiger partial charge in [-0.2, -0.15) is 0 Å². The summed E-state index contributed by atoms with van der Waals surface area (Å²) < 4.78 is 74.7. The molecule has 0 bridgehead atoms. The number of amides is 1. The molecule has 0 fully saturated rings. The first kappa shape index (κ1) is 104. The Labute approximate surface area is 761 Å². The molecule has 0 spiro atoms. The van der Waals surface area contributed by atoms with E-state index in [1.165, 1.54) is 80.4 Å². The highest BCUT2D eigenvalue weighted by atomic mass is 32.2. The van der Waals surface area contributed by atoms with E-state index >= 15 is 0 Å². The fourth-order valence-electron chi connectivity index (χ4n) is 17.6. The summed E-state index contributed by atoms with van der Waals surface area (Å²) in [5.74, 6) is 2.04. The third-order valence-corrected chi connectivity index (χ3v) is 26.9. The third-order valence-electron chi connectivity index (χ3n) is 25.3. The average molecular weight is 1790 g/mol. The molecule has 128 heavy (non-hydrogen) atoms. The number of carbonyl (C=O) groups excluding carboxylic acids is 1. The van der Waals surface area contributed by atoms with Crippen molar-refractivity contribution in [3.05, 3.63) is 318 Å². The Hall–Kier alpha value is -9.73. The summed E-state index contributed by atoms with van der Waals surface area (Å²) in [6.07, 6.45) is 37.4. The number of benzene rings is 3. The van der Waals surface area contributed by atoms with Gasteiger partial charge in [-0.05, 0) is 241 Å². The Bertz CT molecular complexity index is 4970. The first-order chi connectivity index (χ1) is 61.6. The van der Waals surface area contributed by atoms with Gasteiger partial charge in [0.1, 0.15) is 50.6 Å². The van der Waals surface area contributed by atoms with Crippen LogP contribution in [-0.4, -0.2) is 144 Å². The lowest BCUT2D eigenvalue weighted by atomic mass is 9.75. The van der Waals surface area contributed by atoms with E-state index in [1.54, 1.807) is 0 Å². The quantitative estimate of drug-likeness (QED) is 0.0117. The number of aryl methyl sites for hydroxylation is 4. The molecule has 7 aromatic heterocycles. The highest BCUT2D eigenvalue weighted by Crippen LogP contribution is 2.44. The van der Waals surface area contributed by atoms with Crippen LogP contribution in [0.4, 0.5) is 0 Å². The number of aromatic nitrogens is 7. The molecule has 14 atom stereocenters. The highest BCUT2D eigenvalue weighted by molar-refractivity contribution is 7.85. The predicted octanol–water partition coefficient (Wildman–Crippen LogP) is 16.1. The van der Waals surface area contributed by atoms with Crippen molar-refractivity contribution in [2.24, 2.45) is 0 Å². The maximum atomic E-state index is 12.7. The predicted molar refractivity (Wildman–Crippen MR) is 498 cm³/mol. The monoisotopic (exact) mass is 1790 g/mol. The summed E-state index contributed by atoms with van der Waals surface area (Å²) in [5, 5.41) is 57.7. The Kier molecular flexibility index (Phi) is 44.8. The zero-order chi connectivity index (χ0) is 92.2. The van der Waals surface area contributed by atoms with E-state index < -0.39 is 57.2 Å². The second kappa shape index (κ2) is 55.3. The number of aliphatic carboxylic acids is 1. The van der Waals surface area contributed by atoms with E-state index in [0.717, 1.165) is 90.1 Å². The minimum Gasteiger partial charge on any atom is -0.748 e. The molecule has 0 radical (unpaired) electrons. The molecule has 0 aliphatic rings. The van der Waals surface area contributed by atoms with Crippen LogP contribution in [-0.2, 0) is 56.0 Å². The molecule has 14 unspecified atom stereocenters. The fourth-order valence-corrected chi connectivity index (χ4v) is 18.5. The van der Waals surface area contributed by atoms with Crippen molar-refractivity contribution in [1.29, 1.82) is 0 Å². The molecule has 7 heterocycles. The molecule has 0 aliphatic heterocycles. The number of pyridine rings is 7. The summed E-state index contributed by atoms with van der Waals surface area (Å²) in [4.78, 5) is 37.6. The zero-order valence-electron chi connectivity index (χ0n) is 76.1. The van der Waals surface area contributed by atoms with Crippen LogP contribution in [0.1, 0.15) is 285 Å². The van der Waals surface area contributed by atoms with Crippen molar-refractivity contribution >= 4 is 32.1 Å². The number of aliphatic hydroxyl groups excluding tert-OH is 5. The number of carboxylic acids is 1. The number of carboxylic acid groups (broad SMARTS) is 1. The van der Waals surface area contributed by atoms with E-state index in [4.69, 9.17) is 10.2 Å². The van der Waals surface area contributed by atoms with Crippen molar-refractivity contribution in [3.63, 3.8) is 0 Å². The fraction of sp³-hybridized carbons (Fsp3) is 0.471. The zero-order valence-corrected chi connectivity index (χ0v) is 77.7. The van der Waals surface area contributed by atoms with Crippen LogP contribution in [0.2, 0.25) is 0 Å². The molecule has 10 rings (SSSR count). The molecule has 690 valence electrons. The molecular weight excluding hydrogens is 1650 g/mol. The van der Waals surface area contributed by atoms with Gasteiger partial charge in [0.2, 0.25) is 5.91 Å².